The van der Waals surface area contributed by atoms with Gasteiger partial charge in [0.25, 0.3) is 0 Å². The summed E-state index contributed by atoms with van der Waals surface area (Å²) in [5, 5.41) is 12.3. The van der Waals surface area contributed by atoms with Crippen molar-refractivity contribution >= 4 is 11.7 Å². The van der Waals surface area contributed by atoms with Crippen molar-refractivity contribution in [2.24, 2.45) is 5.73 Å². The molecule has 98 valence electrons. The van der Waals surface area contributed by atoms with Crippen LogP contribution in [-0.4, -0.2) is 17.1 Å². The van der Waals surface area contributed by atoms with Crippen LogP contribution in [0.1, 0.15) is 11.6 Å². The summed E-state index contributed by atoms with van der Waals surface area (Å²) in [5.41, 5.74) is 7.47. The van der Waals surface area contributed by atoms with Crippen LogP contribution in [0, 0.1) is 0 Å². The van der Waals surface area contributed by atoms with Crippen LogP contribution >= 0.6 is 0 Å². The Balaban J connectivity index is 2.27. The number of nitrogens with one attached hydrogen (secondary N) is 1. The Kier molecular flexibility index (Phi) is 4.15. The summed E-state index contributed by atoms with van der Waals surface area (Å²) in [6, 6.07) is 17.3. The first kappa shape index (κ1) is 13.1. The van der Waals surface area contributed by atoms with Crippen LogP contribution < -0.4 is 11.1 Å². The van der Waals surface area contributed by atoms with Crippen LogP contribution in [0.3, 0.4) is 0 Å². The molecule has 0 aliphatic carbocycles. The van der Waals surface area contributed by atoms with E-state index in [1.165, 1.54) is 0 Å². The van der Waals surface area contributed by atoms with Gasteiger partial charge in [-0.05, 0) is 17.7 Å². The van der Waals surface area contributed by atoms with Crippen molar-refractivity contribution in [1.29, 1.82) is 0 Å². The van der Waals surface area contributed by atoms with Crippen LogP contribution in [-0.2, 0) is 4.79 Å². The van der Waals surface area contributed by atoms with Crippen molar-refractivity contribution in [3.05, 3.63) is 66.2 Å². The van der Waals surface area contributed by atoms with Crippen molar-refractivity contribution in [2.75, 3.05) is 5.32 Å². The molecule has 0 aliphatic rings. The van der Waals surface area contributed by atoms with Gasteiger partial charge in [-0.25, -0.2) is 0 Å². The van der Waals surface area contributed by atoms with E-state index >= 15 is 0 Å². The molecule has 0 bridgehead atoms. The minimum Gasteiger partial charge on any atom is -0.480 e. The van der Waals surface area contributed by atoms with Crippen molar-refractivity contribution < 1.29 is 9.90 Å². The molecule has 19 heavy (non-hydrogen) atoms. The van der Waals surface area contributed by atoms with E-state index in [4.69, 9.17) is 10.8 Å². The summed E-state index contributed by atoms with van der Waals surface area (Å²) in [4.78, 5) is 11.1. The Hall–Kier alpha value is -2.33. The highest BCUT2D eigenvalue weighted by atomic mass is 16.4. The molecule has 0 saturated carbocycles. The minimum atomic E-state index is -1.03. The summed E-state index contributed by atoms with van der Waals surface area (Å²) < 4.78 is 0. The molecule has 4 N–H and O–H groups in total. The van der Waals surface area contributed by atoms with Crippen molar-refractivity contribution in [3.63, 3.8) is 0 Å². The number of carboxylic acids is 1. The molecule has 4 heteroatoms. The molecule has 4 nitrogen and oxygen atoms in total. The van der Waals surface area contributed by atoms with Crippen LogP contribution in [0.4, 0.5) is 5.69 Å². The molecule has 2 aromatic rings. The Morgan fingerprint density at radius 1 is 1.00 bits per heavy atom. The van der Waals surface area contributed by atoms with Gasteiger partial charge < -0.3 is 16.2 Å². The monoisotopic (exact) mass is 256 g/mol. The minimum absolute atomic E-state index is 0.471. The number of carbonyl (C=O) groups is 1. The molecule has 0 heterocycles. The summed E-state index contributed by atoms with van der Waals surface area (Å²) in [6.07, 6.45) is 0. The van der Waals surface area contributed by atoms with Gasteiger partial charge in [-0.1, -0.05) is 48.5 Å². The van der Waals surface area contributed by atoms with E-state index in [2.05, 4.69) is 5.32 Å². The van der Waals surface area contributed by atoms with Crippen LogP contribution in [0.15, 0.2) is 60.7 Å². The smallest absolute Gasteiger partial charge is 0.322 e. The number of hydrogen-bond donors (Lipinski definition) is 3. The van der Waals surface area contributed by atoms with Gasteiger partial charge in [0.1, 0.15) is 6.04 Å². The zero-order valence-electron chi connectivity index (χ0n) is 10.4. The maximum absolute atomic E-state index is 11.1. The van der Waals surface area contributed by atoms with E-state index in [1.807, 2.05) is 60.7 Å². The van der Waals surface area contributed by atoms with Gasteiger partial charge in [-0.2, -0.15) is 0 Å². The average Bonchev–Trinajstić information content (AvgIpc) is 2.46. The number of hydrogen-bond acceptors (Lipinski definition) is 3. The number of benzene rings is 2. The van der Waals surface area contributed by atoms with Gasteiger partial charge in [-0.3, -0.25) is 4.79 Å². The lowest BCUT2D eigenvalue weighted by Crippen LogP contribution is -2.40. The van der Waals surface area contributed by atoms with Crippen molar-refractivity contribution in [1.82, 2.24) is 0 Å². The molecule has 2 aromatic carbocycles. The predicted octanol–water partition coefficient (Wildman–Crippen LogP) is 2.25. The molecule has 0 aromatic heterocycles. The Morgan fingerprint density at radius 3 is 2.05 bits per heavy atom. The average molecular weight is 256 g/mol. The molecule has 2 atom stereocenters. The summed E-state index contributed by atoms with van der Waals surface area (Å²) in [7, 11) is 0. The molecule has 0 aliphatic heterocycles. The van der Waals surface area contributed by atoms with Gasteiger partial charge in [0.05, 0.1) is 6.04 Å². The zero-order chi connectivity index (χ0) is 13.7. The van der Waals surface area contributed by atoms with Gasteiger partial charge in [0, 0.05) is 5.69 Å². The number of aliphatic carboxylic acids is 1. The number of rotatable bonds is 5. The fourth-order valence-electron chi connectivity index (χ4n) is 1.90. The van der Waals surface area contributed by atoms with Gasteiger partial charge in [0.15, 0.2) is 0 Å². The summed E-state index contributed by atoms with van der Waals surface area (Å²) >= 11 is 0. The van der Waals surface area contributed by atoms with Crippen LogP contribution in [0.5, 0.6) is 0 Å². The first-order chi connectivity index (χ1) is 9.18. The van der Waals surface area contributed by atoms with E-state index in [1.54, 1.807) is 0 Å². The van der Waals surface area contributed by atoms with E-state index in [-0.39, 0.29) is 0 Å². The van der Waals surface area contributed by atoms with E-state index < -0.39 is 18.1 Å². The first-order valence-corrected chi connectivity index (χ1v) is 6.03. The number of para-hydroxylation sites is 1. The van der Waals surface area contributed by atoms with E-state index in [0.717, 1.165) is 11.3 Å². The Morgan fingerprint density at radius 2 is 1.53 bits per heavy atom. The van der Waals surface area contributed by atoms with Crippen molar-refractivity contribution in [2.45, 2.75) is 12.1 Å². The standard InChI is InChI=1S/C15H16N2O2/c16-13(15(18)19)14(11-7-3-1-4-8-11)17-12-9-5-2-6-10-12/h1-10,13-14,17H,16H2,(H,18,19). The van der Waals surface area contributed by atoms with Gasteiger partial charge in [0.2, 0.25) is 0 Å². The van der Waals surface area contributed by atoms with Gasteiger partial charge >= 0.3 is 5.97 Å². The zero-order valence-corrected chi connectivity index (χ0v) is 10.4. The van der Waals surface area contributed by atoms with E-state index in [9.17, 15) is 4.79 Å². The molecule has 2 rings (SSSR count). The largest absolute Gasteiger partial charge is 0.480 e. The molecule has 0 amide bonds. The topological polar surface area (TPSA) is 75.4 Å². The molecule has 0 radical (unpaired) electrons. The summed E-state index contributed by atoms with van der Waals surface area (Å²) in [5.74, 6) is -1.03. The Labute approximate surface area is 111 Å². The molecular formula is C15H16N2O2. The third-order valence-corrected chi connectivity index (χ3v) is 2.90. The lowest BCUT2D eigenvalue weighted by atomic mass is 9.99. The van der Waals surface area contributed by atoms with E-state index in [0.29, 0.717) is 0 Å². The van der Waals surface area contributed by atoms with Crippen molar-refractivity contribution in [3.8, 4) is 0 Å². The molecule has 0 saturated heterocycles. The molecule has 0 fully saturated rings. The maximum atomic E-state index is 11.1. The first-order valence-electron chi connectivity index (χ1n) is 6.03. The molecule has 2 unspecified atom stereocenters. The SMILES string of the molecule is NC(C(=O)O)C(Nc1ccccc1)c1ccccc1. The highest BCUT2D eigenvalue weighted by Crippen LogP contribution is 2.21. The van der Waals surface area contributed by atoms with Crippen LogP contribution in [0.2, 0.25) is 0 Å². The second kappa shape index (κ2) is 6.02. The lowest BCUT2D eigenvalue weighted by Gasteiger charge is -2.23. The fraction of sp³-hybridized carbons (Fsp3) is 0.133. The Bertz CT molecular complexity index is 528. The molecule has 0 spiro atoms. The third-order valence-electron chi connectivity index (χ3n) is 2.90. The highest BCUT2D eigenvalue weighted by Gasteiger charge is 2.25. The van der Waals surface area contributed by atoms with Gasteiger partial charge in [-0.15, -0.1) is 0 Å². The second-order valence-corrected chi connectivity index (χ2v) is 4.26. The number of carboxylic acid groups (broad SMARTS) is 1. The number of nitrogens with two attached hydrogens (primary N) is 1. The fourth-order valence-corrected chi connectivity index (χ4v) is 1.90. The normalized spacial score (nSPS) is 13.5. The highest BCUT2D eigenvalue weighted by molar-refractivity contribution is 5.75. The van der Waals surface area contributed by atoms with Crippen LogP contribution in [0.25, 0.3) is 0 Å². The summed E-state index contributed by atoms with van der Waals surface area (Å²) in [6.45, 7) is 0. The second-order valence-electron chi connectivity index (χ2n) is 4.26. The quantitative estimate of drug-likeness (QED) is 0.767. The number of anilines is 1. The lowest BCUT2D eigenvalue weighted by molar-refractivity contribution is -0.138. The predicted molar refractivity (Wildman–Crippen MR) is 74.9 cm³/mol. The third kappa shape index (κ3) is 3.33. The molecular weight excluding hydrogens is 240 g/mol. The maximum Gasteiger partial charge on any atom is 0.322 e.